The van der Waals surface area contributed by atoms with Gasteiger partial charge in [-0.1, -0.05) is 30.3 Å². The maximum Gasteiger partial charge on any atom is 0.125 e. The molecule has 18 heavy (non-hydrogen) atoms. The van der Waals surface area contributed by atoms with Crippen LogP contribution in [0.15, 0.2) is 36.4 Å². The summed E-state index contributed by atoms with van der Waals surface area (Å²) >= 11 is 0. The molecule has 1 atom stereocenters. The van der Waals surface area contributed by atoms with Gasteiger partial charge in [0.2, 0.25) is 0 Å². The highest BCUT2D eigenvalue weighted by atomic mass is 16.5. The van der Waals surface area contributed by atoms with Gasteiger partial charge in [-0.15, -0.1) is 0 Å². The summed E-state index contributed by atoms with van der Waals surface area (Å²) in [4.78, 5) is 0. The lowest BCUT2D eigenvalue weighted by atomic mass is 10.0. The van der Waals surface area contributed by atoms with Crippen molar-refractivity contribution in [2.45, 2.75) is 26.1 Å². The highest BCUT2D eigenvalue weighted by Gasteiger charge is 2.08. The van der Waals surface area contributed by atoms with Crippen molar-refractivity contribution in [2.24, 2.45) is 0 Å². The van der Waals surface area contributed by atoms with Crippen LogP contribution in [0.5, 0.6) is 5.75 Å². The van der Waals surface area contributed by atoms with Crippen molar-refractivity contribution in [3.8, 4) is 5.75 Å². The molecule has 1 unspecified atom stereocenters. The first-order valence-electron chi connectivity index (χ1n) is 6.14. The summed E-state index contributed by atoms with van der Waals surface area (Å²) in [6, 6.07) is 11.7. The van der Waals surface area contributed by atoms with E-state index in [1.165, 1.54) is 0 Å². The van der Waals surface area contributed by atoms with Crippen molar-refractivity contribution >= 4 is 10.8 Å². The van der Waals surface area contributed by atoms with Crippen LogP contribution in [0.4, 0.5) is 0 Å². The van der Waals surface area contributed by atoms with E-state index < -0.39 is 0 Å². The molecule has 2 N–H and O–H groups in total. The minimum Gasteiger partial charge on any atom is -0.493 e. The molecular formula is C15H18O3. The SMILES string of the molecule is CC(O)CCOc1ccc2ccccc2c1CO. The number of aliphatic hydroxyl groups is 2. The van der Waals surface area contributed by atoms with E-state index in [0.717, 1.165) is 16.3 Å². The lowest BCUT2D eigenvalue weighted by Crippen LogP contribution is -2.08. The Hall–Kier alpha value is -1.58. The average Bonchev–Trinajstić information content (AvgIpc) is 2.38. The quantitative estimate of drug-likeness (QED) is 0.852. The largest absolute Gasteiger partial charge is 0.493 e. The predicted octanol–water partition coefficient (Wildman–Crippen LogP) is 2.48. The van der Waals surface area contributed by atoms with Crippen molar-refractivity contribution in [1.82, 2.24) is 0 Å². The second kappa shape index (κ2) is 5.85. The van der Waals surface area contributed by atoms with Crippen LogP contribution in [-0.4, -0.2) is 22.9 Å². The smallest absolute Gasteiger partial charge is 0.125 e. The molecule has 0 amide bonds. The molecule has 0 saturated heterocycles. The molecule has 2 aromatic carbocycles. The summed E-state index contributed by atoms with van der Waals surface area (Å²) in [6.07, 6.45) is 0.209. The van der Waals surface area contributed by atoms with Gasteiger partial charge in [0.25, 0.3) is 0 Å². The van der Waals surface area contributed by atoms with Crippen LogP contribution >= 0.6 is 0 Å². The van der Waals surface area contributed by atoms with Gasteiger partial charge in [-0.3, -0.25) is 0 Å². The second-order valence-corrected chi connectivity index (χ2v) is 4.41. The first-order chi connectivity index (χ1) is 8.72. The number of fused-ring (bicyclic) bond motifs is 1. The molecule has 2 rings (SSSR count). The molecule has 96 valence electrons. The zero-order chi connectivity index (χ0) is 13.0. The molecule has 0 fully saturated rings. The highest BCUT2D eigenvalue weighted by molar-refractivity contribution is 5.87. The van der Waals surface area contributed by atoms with Crippen molar-refractivity contribution in [3.63, 3.8) is 0 Å². The normalized spacial score (nSPS) is 12.6. The third-order valence-electron chi connectivity index (χ3n) is 2.95. The van der Waals surface area contributed by atoms with Crippen LogP contribution in [0.1, 0.15) is 18.9 Å². The summed E-state index contributed by atoms with van der Waals surface area (Å²) in [5, 5.41) is 20.8. The maximum atomic E-state index is 9.50. The third kappa shape index (κ3) is 2.81. The highest BCUT2D eigenvalue weighted by Crippen LogP contribution is 2.28. The molecule has 0 radical (unpaired) electrons. The summed E-state index contributed by atoms with van der Waals surface area (Å²) in [7, 11) is 0. The third-order valence-corrected chi connectivity index (χ3v) is 2.95. The Labute approximate surface area is 107 Å². The minimum absolute atomic E-state index is 0.0502. The monoisotopic (exact) mass is 246 g/mol. The van der Waals surface area contributed by atoms with Gasteiger partial charge in [0.1, 0.15) is 5.75 Å². The van der Waals surface area contributed by atoms with Crippen molar-refractivity contribution in [2.75, 3.05) is 6.61 Å². The Morgan fingerprint density at radius 3 is 2.67 bits per heavy atom. The first kappa shape index (κ1) is 12.9. The molecular weight excluding hydrogens is 228 g/mol. The van der Waals surface area contributed by atoms with E-state index in [0.29, 0.717) is 18.8 Å². The Balaban J connectivity index is 2.27. The first-order valence-corrected chi connectivity index (χ1v) is 6.14. The van der Waals surface area contributed by atoms with Gasteiger partial charge in [-0.05, 0) is 23.8 Å². The molecule has 0 spiro atoms. The fourth-order valence-electron chi connectivity index (χ4n) is 1.95. The van der Waals surface area contributed by atoms with Gasteiger partial charge in [-0.25, -0.2) is 0 Å². The standard InChI is InChI=1S/C15H18O3/c1-11(17)8-9-18-15-7-6-12-4-2-3-5-13(12)14(15)10-16/h2-7,11,16-17H,8-10H2,1H3. The van der Waals surface area contributed by atoms with E-state index in [9.17, 15) is 10.2 Å². The van der Waals surface area contributed by atoms with E-state index >= 15 is 0 Å². The number of benzene rings is 2. The minimum atomic E-state index is -0.372. The zero-order valence-corrected chi connectivity index (χ0v) is 10.5. The van der Waals surface area contributed by atoms with Crippen LogP contribution < -0.4 is 4.74 Å². The Kier molecular flexibility index (Phi) is 4.18. The van der Waals surface area contributed by atoms with Gasteiger partial charge in [0, 0.05) is 12.0 Å². The van der Waals surface area contributed by atoms with Gasteiger partial charge in [0.05, 0.1) is 19.3 Å². The number of hydrogen-bond donors (Lipinski definition) is 2. The van der Waals surface area contributed by atoms with Crippen LogP contribution in [0.3, 0.4) is 0 Å². The summed E-state index contributed by atoms with van der Waals surface area (Å²) in [5.74, 6) is 0.692. The number of ether oxygens (including phenoxy) is 1. The zero-order valence-electron chi connectivity index (χ0n) is 10.5. The van der Waals surface area contributed by atoms with E-state index in [2.05, 4.69) is 0 Å². The van der Waals surface area contributed by atoms with Crippen molar-refractivity contribution < 1.29 is 14.9 Å². The van der Waals surface area contributed by atoms with Gasteiger partial charge in [-0.2, -0.15) is 0 Å². The van der Waals surface area contributed by atoms with Crippen LogP contribution in [0.25, 0.3) is 10.8 Å². The molecule has 3 heteroatoms. The fraction of sp³-hybridized carbons (Fsp3) is 0.333. The molecule has 3 nitrogen and oxygen atoms in total. The number of aliphatic hydroxyl groups excluding tert-OH is 2. The number of rotatable bonds is 5. The Morgan fingerprint density at radius 1 is 1.17 bits per heavy atom. The van der Waals surface area contributed by atoms with Crippen molar-refractivity contribution in [1.29, 1.82) is 0 Å². The predicted molar refractivity (Wildman–Crippen MR) is 71.7 cm³/mol. The fourth-order valence-corrected chi connectivity index (χ4v) is 1.95. The van der Waals surface area contributed by atoms with Gasteiger partial charge in [0.15, 0.2) is 0 Å². The summed E-state index contributed by atoms with van der Waals surface area (Å²) in [5.41, 5.74) is 0.804. The lowest BCUT2D eigenvalue weighted by molar-refractivity contribution is 0.154. The second-order valence-electron chi connectivity index (χ2n) is 4.41. The number of hydrogen-bond acceptors (Lipinski definition) is 3. The lowest BCUT2D eigenvalue weighted by Gasteiger charge is -2.13. The molecule has 0 heterocycles. The molecule has 0 bridgehead atoms. The Morgan fingerprint density at radius 2 is 1.94 bits per heavy atom. The molecule has 2 aromatic rings. The van der Waals surface area contributed by atoms with E-state index in [-0.39, 0.29) is 12.7 Å². The van der Waals surface area contributed by atoms with Gasteiger partial charge >= 0.3 is 0 Å². The van der Waals surface area contributed by atoms with Gasteiger partial charge < -0.3 is 14.9 Å². The van der Waals surface area contributed by atoms with E-state index in [1.54, 1.807) is 6.92 Å². The summed E-state index contributed by atoms with van der Waals surface area (Å²) in [6.45, 7) is 2.13. The Bertz CT molecular complexity index is 520. The van der Waals surface area contributed by atoms with Crippen LogP contribution in [-0.2, 0) is 6.61 Å². The van der Waals surface area contributed by atoms with E-state index in [1.807, 2.05) is 36.4 Å². The molecule has 0 aliphatic rings. The molecule has 0 aromatic heterocycles. The van der Waals surface area contributed by atoms with Crippen LogP contribution in [0.2, 0.25) is 0 Å². The topological polar surface area (TPSA) is 49.7 Å². The van der Waals surface area contributed by atoms with E-state index in [4.69, 9.17) is 4.74 Å². The molecule has 0 saturated carbocycles. The molecule has 0 aliphatic carbocycles. The molecule has 0 aliphatic heterocycles. The summed E-state index contributed by atoms with van der Waals surface area (Å²) < 4.78 is 5.63. The average molecular weight is 246 g/mol. The maximum absolute atomic E-state index is 9.50. The van der Waals surface area contributed by atoms with Crippen LogP contribution in [0, 0.1) is 0 Å². The van der Waals surface area contributed by atoms with Crippen molar-refractivity contribution in [3.05, 3.63) is 42.0 Å².